The van der Waals surface area contributed by atoms with Crippen LogP contribution in [0.2, 0.25) is 5.02 Å². The third-order valence-electron chi connectivity index (χ3n) is 2.92. The number of hydrogen-bond acceptors (Lipinski definition) is 3. The second-order valence-electron chi connectivity index (χ2n) is 4.41. The van der Waals surface area contributed by atoms with Crippen molar-refractivity contribution in [2.45, 2.75) is 12.8 Å². The van der Waals surface area contributed by atoms with E-state index in [0.29, 0.717) is 22.0 Å². The molecule has 0 saturated heterocycles. The molecule has 0 radical (unpaired) electrons. The first-order chi connectivity index (χ1) is 10.1. The number of carbonyl (C=O) groups is 2. The molecule has 0 saturated carbocycles. The lowest BCUT2D eigenvalue weighted by Gasteiger charge is -2.07. The van der Waals surface area contributed by atoms with E-state index in [2.05, 4.69) is 4.98 Å². The first kappa shape index (κ1) is 15.1. The number of para-hydroxylation sites is 1. The molecule has 2 rings (SSSR count). The molecule has 0 spiro atoms. The van der Waals surface area contributed by atoms with Crippen molar-refractivity contribution >= 4 is 23.4 Å². The first-order valence-corrected chi connectivity index (χ1v) is 6.74. The summed E-state index contributed by atoms with van der Waals surface area (Å²) in [6.45, 7) is -0.151. The van der Waals surface area contributed by atoms with Gasteiger partial charge in [-0.15, -0.1) is 0 Å². The summed E-state index contributed by atoms with van der Waals surface area (Å²) in [5.41, 5.74) is 1.05. The Bertz CT molecular complexity index is 651. The molecule has 1 aromatic carbocycles. The smallest absolute Gasteiger partial charge is 0.303 e. The summed E-state index contributed by atoms with van der Waals surface area (Å²) in [5, 5.41) is 9.12. The molecule has 2 N–H and O–H groups in total. The normalized spacial score (nSPS) is 10.3. The summed E-state index contributed by atoms with van der Waals surface area (Å²) >= 11 is 5.94. The number of Topliss-reactive ketones (excluding diaryl/α,β-unsaturated/α-hetero) is 1. The van der Waals surface area contributed by atoms with E-state index in [1.807, 2.05) is 0 Å². The van der Waals surface area contributed by atoms with Gasteiger partial charge in [0.05, 0.1) is 11.4 Å². The number of aromatic amines is 1. The average Bonchev–Trinajstić information content (AvgIpc) is 2.92. The Morgan fingerprint density at radius 1 is 1.24 bits per heavy atom. The zero-order valence-electron chi connectivity index (χ0n) is 11.1. The summed E-state index contributed by atoms with van der Waals surface area (Å²) in [7, 11) is 0. The van der Waals surface area contributed by atoms with Crippen LogP contribution < -0.4 is 4.74 Å². The van der Waals surface area contributed by atoms with Crippen molar-refractivity contribution in [1.29, 1.82) is 0 Å². The van der Waals surface area contributed by atoms with Gasteiger partial charge in [0.2, 0.25) is 5.78 Å². The second kappa shape index (κ2) is 6.95. The quantitative estimate of drug-likeness (QED) is 0.771. The lowest BCUT2D eigenvalue weighted by Crippen LogP contribution is -2.13. The molecule has 0 amide bonds. The first-order valence-electron chi connectivity index (χ1n) is 6.36. The van der Waals surface area contributed by atoms with Crippen molar-refractivity contribution in [3.05, 3.63) is 52.8 Å². The van der Waals surface area contributed by atoms with Gasteiger partial charge in [0.15, 0.2) is 6.61 Å². The SMILES string of the molecule is O=C(O)CCc1[nH]ccc1C(=O)COc1ccccc1Cl. The summed E-state index contributed by atoms with van der Waals surface area (Å²) in [6.07, 6.45) is 1.85. The van der Waals surface area contributed by atoms with Crippen LogP contribution in [0.25, 0.3) is 0 Å². The van der Waals surface area contributed by atoms with Crippen LogP contribution in [0, 0.1) is 0 Å². The molecular weight excluding hydrogens is 294 g/mol. The van der Waals surface area contributed by atoms with E-state index in [-0.39, 0.29) is 25.2 Å². The molecule has 0 aliphatic heterocycles. The van der Waals surface area contributed by atoms with Crippen LogP contribution in [0.5, 0.6) is 5.75 Å². The molecule has 1 aromatic heterocycles. The van der Waals surface area contributed by atoms with Gasteiger partial charge in [-0.25, -0.2) is 0 Å². The predicted molar refractivity (Wildman–Crippen MR) is 78.0 cm³/mol. The fourth-order valence-corrected chi connectivity index (χ4v) is 2.08. The number of H-pyrrole nitrogens is 1. The van der Waals surface area contributed by atoms with Gasteiger partial charge in [0.1, 0.15) is 5.75 Å². The minimum Gasteiger partial charge on any atom is -0.484 e. The maximum atomic E-state index is 12.1. The van der Waals surface area contributed by atoms with Crippen LogP contribution in [0.1, 0.15) is 22.5 Å². The van der Waals surface area contributed by atoms with Gasteiger partial charge in [0, 0.05) is 17.5 Å². The topological polar surface area (TPSA) is 79.4 Å². The summed E-state index contributed by atoms with van der Waals surface area (Å²) in [5.74, 6) is -0.693. The maximum Gasteiger partial charge on any atom is 0.303 e. The van der Waals surface area contributed by atoms with E-state index in [1.165, 1.54) is 0 Å². The zero-order valence-corrected chi connectivity index (χ0v) is 11.9. The lowest BCUT2D eigenvalue weighted by atomic mass is 10.1. The number of rotatable bonds is 7. The monoisotopic (exact) mass is 307 g/mol. The number of nitrogens with one attached hydrogen (secondary N) is 1. The zero-order chi connectivity index (χ0) is 15.2. The van der Waals surface area contributed by atoms with Gasteiger partial charge in [-0.2, -0.15) is 0 Å². The van der Waals surface area contributed by atoms with Crippen LogP contribution >= 0.6 is 11.6 Å². The molecule has 5 nitrogen and oxygen atoms in total. The summed E-state index contributed by atoms with van der Waals surface area (Å²) in [6, 6.07) is 8.51. The second-order valence-corrected chi connectivity index (χ2v) is 4.81. The van der Waals surface area contributed by atoms with Gasteiger partial charge in [-0.05, 0) is 24.6 Å². The highest BCUT2D eigenvalue weighted by Gasteiger charge is 2.14. The Labute approximate surface area is 126 Å². The molecule has 6 heteroatoms. The van der Waals surface area contributed by atoms with E-state index in [9.17, 15) is 9.59 Å². The van der Waals surface area contributed by atoms with Gasteiger partial charge in [-0.1, -0.05) is 23.7 Å². The number of aliphatic carboxylic acids is 1. The number of ketones is 1. The number of carbonyl (C=O) groups excluding carboxylic acids is 1. The Kier molecular flexibility index (Phi) is 5.00. The van der Waals surface area contributed by atoms with Crippen LogP contribution in [0.4, 0.5) is 0 Å². The lowest BCUT2D eigenvalue weighted by molar-refractivity contribution is -0.136. The third-order valence-corrected chi connectivity index (χ3v) is 3.23. The highest BCUT2D eigenvalue weighted by Crippen LogP contribution is 2.23. The number of benzene rings is 1. The van der Waals surface area contributed by atoms with Crippen LogP contribution in [-0.2, 0) is 11.2 Å². The van der Waals surface area contributed by atoms with Crippen LogP contribution in [0.3, 0.4) is 0 Å². The number of aryl methyl sites for hydroxylation is 1. The molecule has 0 unspecified atom stereocenters. The van der Waals surface area contributed by atoms with Crippen molar-refractivity contribution in [3.63, 3.8) is 0 Å². The van der Waals surface area contributed by atoms with Crippen LogP contribution in [0.15, 0.2) is 36.5 Å². The molecule has 110 valence electrons. The predicted octanol–water partition coefficient (Wildman–Crippen LogP) is 2.95. The van der Waals surface area contributed by atoms with Gasteiger partial charge in [0.25, 0.3) is 0 Å². The minimum atomic E-state index is -0.907. The highest BCUT2D eigenvalue weighted by molar-refractivity contribution is 6.32. The molecule has 21 heavy (non-hydrogen) atoms. The average molecular weight is 308 g/mol. The Hall–Kier alpha value is -2.27. The molecule has 0 aliphatic rings. The molecule has 2 aromatic rings. The summed E-state index contributed by atoms with van der Waals surface area (Å²) in [4.78, 5) is 25.6. The van der Waals surface area contributed by atoms with E-state index in [1.54, 1.807) is 36.5 Å². The van der Waals surface area contributed by atoms with Crippen molar-refractivity contribution < 1.29 is 19.4 Å². The Balaban J connectivity index is 1.99. The van der Waals surface area contributed by atoms with Crippen molar-refractivity contribution in [2.24, 2.45) is 0 Å². The number of halogens is 1. The van der Waals surface area contributed by atoms with E-state index in [0.717, 1.165) is 0 Å². The van der Waals surface area contributed by atoms with Gasteiger partial charge in [-0.3, -0.25) is 9.59 Å². The van der Waals surface area contributed by atoms with E-state index in [4.69, 9.17) is 21.4 Å². The van der Waals surface area contributed by atoms with E-state index < -0.39 is 5.97 Å². The Morgan fingerprint density at radius 3 is 2.71 bits per heavy atom. The number of carboxylic acids is 1. The number of aromatic nitrogens is 1. The highest BCUT2D eigenvalue weighted by atomic mass is 35.5. The van der Waals surface area contributed by atoms with E-state index >= 15 is 0 Å². The fraction of sp³-hybridized carbons (Fsp3) is 0.200. The van der Waals surface area contributed by atoms with Crippen LogP contribution in [-0.4, -0.2) is 28.4 Å². The standard InChI is InChI=1S/C15H14ClNO4/c16-11-3-1-2-4-14(11)21-9-13(18)10-7-8-17-12(10)5-6-15(19)20/h1-4,7-8,17H,5-6,9H2,(H,19,20). The maximum absolute atomic E-state index is 12.1. The molecule has 0 fully saturated rings. The third kappa shape index (κ3) is 4.10. The number of hydrogen-bond donors (Lipinski definition) is 2. The summed E-state index contributed by atoms with van der Waals surface area (Å²) < 4.78 is 5.39. The van der Waals surface area contributed by atoms with Gasteiger partial charge >= 0.3 is 5.97 Å². The van der Waals surface area contributed by atoms with Crippen molar-refractivity contribution in [3.8, 4) is 5.75 Å². The van der Waals surface area contributed by atoms with Gasteiger partial charge < -0.3 is 14.8 Å². The number of ether oxygens (including phenoxy) is 1. The molecule has 0 atom stereocenters. The molecule has 0 aliphatic carbocycles. The molecule has 1 heterocycles. The Morgan fingerprint density at radius 2 is 2.00 bits per heavy atom. The van der Waals surface area contributed by atoms with Crippen molar-refractivity contribution in [1.82, 2.24) is 4.98 Å². The minimum absolute atomic E-state index is 0.0356. The fourth-order valence-electron chi connectivity index (χ4n) is 1.89. The molecule has 0 bridgehead atoms. The largest absolute Gasteiger partial charge is 0.484 e. The number of carboxylic acid groups (broad SMARTS) is 1. The van der Waals surface area contributed by atoms with Crippen molar-refractivity contribution in [2.75, 3.05) is 6.61 Å². The molecular formula is C15H14ClNO4.